The number of amides is 1. The fourth-order valence-corrected chi connectivity index (χ4v) is 3.09. The number of carbonyl (C=O) groups is 1. The summed E-state index contributed by atoms with van der Waals surface area (Å²) in [5, 5.41) is 24.6. The maximum atomic E-state index is 12.1. The van der Waals surface area contributed by atoms with Crippen molar-refractivity contribution in [2.45, 2.75) is 12.8 Å². The number of anilines is 4. The smallest absolute Gasteiger partial charge is 0.395 e. The molecule has 0 atom stereocenters. The standard InChI is InChI=1S/C19H18N6O4/c26-19(16-7-8-18(29-16)25(27)28)22-14-5-3-13(4-6-14)21-17-11-15(12-20-23-17)24-9-1-2-10-24/h3-8,11-12H,1-2,9-10H2,(H,21,23)(H,22,26). The Hall–Kier alpha value is -3.95. The first-order valence-electron chi connectivity index (χ1n) is 9.09. The van der Waals surface area contributed by atoms with Crippen molar-refractivity contribution in [3.63, 3.8) is 0 Å². The van der Waals surface area contributed by atoms with Crippen molar-refractivity contribution in [3.05, 3.63) is 64.5 Å². The Morgan fingerprint density at radius 3 is 2.52 bits per heavy atom. The lowest BCUT2D eigenvalue weighted by molar-refractivity contribution is -0.402. The third-order valence-electron chi connectivity index (χ3n) is 4.52. The highest BCUT2D eigenvalue weighted by Crippen LogP contribution is 2.24. The van der Waals surface area contributed by atoms with Crippen molar-refractivity contribution in [2.75, 3.05) is 28.6 Å². The second-order valence-corrected chi connectivity index (χ2v) is 6.54. The highest BCUT2D eigenvalue weighted by molar-refractivity contribution is 6.02. The number of hydrogen-bond donors (Lipinski definition) is 2. The Kier molecular flexibility index (Phi) is 5.06. The predicted molar refractivity (Wildman–Crippen MR) is 107 cm³/mol. The molecule has 0 bridgehead atoms. The SMILES string of the molecule is O=C(Nc1ccc(Nc2cc(N3CCCC3)cnn2)cc1)c1ccc([N+](=O)[O-])o1. The molecule has 1 aliphatic heterocycles. The van der Waals surface area contributed by atoms with E-state index in [1.54, 1.807) is 30.5 Å². The molecule has 148 valence electrons. The lowest BCUT2D eigenvalue weighted by Gasteiger charge is -2.17. The summed E-state index contributed by atoms with van der Waals surface area (Å²) >= 11 is 0. The molecular weight excluding hydrogens is 376 g/mol. The van der Waals surface area contributed by atoms with E-state index in [1.165, 1.54) is 18.9 Å². The van der Waals surface area contributed by atoms with Crippen LogP contribution in [0.4, 0.5) is 28.8 Å². The second kappa shape index (κ2) is 7.97. The number of nitrogens with one attached hydrogen (secondary N) is 2. The number of benzene rings is 1. The number of nitro groups is 1. The third-order valence-corrected chi connectivity index (χ3v) is 4.52. The molecule has 1 aromatic carbocycles. The van der Waals surface area contributed by atoms with Crippen LogP contribution < -0.4 is 15.5 Å². The van der Waals surface area contributed by atoms with E-state index in [4.69, 9.17) is 4.42 Å². The van der Waals surface area contributed by atoms with Crippen LogP contribution >= 0.6 is 0 Å². The molecule has 10 nitrogen and oxygen atoms in total. The quantitative estimate of drug-likeness (QED) is 0.480. The van der Waals surface area contributed by atoms with Crippen LogP contribution in [0.25, 0.3) is 0 Å². The normalized spacial score (nSPS) is 13.3. The molecule has 1 aliphatic rings. The van der Waals surface area contributed by atoms with Gasteiger partial charge in [0, 0.05) is 30.5 Å². The summed E-state index contributed by atoms with van der Waals surface area (Å²) < 4.78 is 4.89. The average molecular weight is 394 g/mol. The zero-order valence-corrected chi connectivity index (χ0v) is 15.4. The average Bonchev–Trinajstić information content (AvgIpc) is 3.42. The molecule has 29 heavy (non-hydrogen) atoms. The fraction of sp³-hybridized carbons (Fsp3) is 0.211. The zero-order valence-electron chi connectivity index (χ0n) is 15.4. The molecule has 1 saturated heterocycles. The molecule has 0 radical (unpaired) electrons. The molecular formula is C19H18N6O4. The van der Waals surface area contributed by atoms with Gasteiger partial charge in [-0.05, 0) is 43.2 Å². The molecule has 3 aromatic rings. The minimum absolute atomic E-state index is 0.132. The minimum Gasteiger partial charge on any atom is -0.395 e. The van der Waals surface area contributed by atoms with Crippen LogP contribution in [-0.2, 0) is 0 Å². The predicted octanol–water partition coefficient (Wildman–Crippen LogP) is 3.57. The van der Waals surface area contributed by atoms with Crippen LogP contribution in [0, 0.1) is 10.1 Å². The van der Waals surface area contributed by atoms with E-state index in [0.717, 1.165) is 30.5 Å². The van der Waals surface area contributed by atoms with Crippen LogP contribution in [0.3, 0.4) is 0 Å². The highest BCUT2D eigenvalue weighted by atomic mass is 16.6. The van der Waals surface area contributed by atoms with E-state index in [9.17, 15) is 14.9 Å². The summed E-state index contributed by atoms with van der Waals surface area (Å²) in [4.78, 5) is 24.3. The number of aromatic nitrogens is 2. The van der Waals surface area contributed by atoms with Gasteiger partial charge >= 0.3 is 5.88 Å². The van der Waals surface area contributed by atoms with Crippen molar-refractivity contribution in [3.8, 4) is 0 Å². The summed E-state index contributed by atoms with van der Waals surface area (Å²) in [6, 6.07) is 11.3. The van der Waals surface area contributed by atoms with Gasteiger partial charge in [0.1, 0.15) is 4.92 Å². The van der Waals surface area contributed by atoms with E-state index in [1.807, 2.05) is 6.07 Å². The molecule has 10 heteroatoms. The van der Waals surface area contributed by atoms with E-state index in [2.05, 4.69) is 25.7 Å². The van der Waals surface area contributed by atoms with Crippen LogP contribution in [0.2, 0.25) is 0 Å². The topological polar surface area (TPSA) is 126 Å². The molecule has 0 aliphatic carbocycles. The first-order valence-corrected chi connectivity index (χ1v) is 9.09. The minimum atomic E-state index is -0.696. The largest absolute Gasteiger partial charge is 0.433 e. The summed E-state index contributed by atoms with van der Waals surface area (Å²) in [5.74, 6) is -0.544. The lowest BCUT2D eigenvalue weighted by Crippen LogP contribution is -2.18. The van der Waals surface area contributed by atoms with Gasteiger partial charge in [0.2, 0.25) is 0 Å². The number of nitrogens with zero attached hydrogens (tertiary/aromatic N) is 4. The van der Waals surface area contributed by atoms with Gasteiger partial charge < -0.3 is 20.0 Å². The van der Waals surface area contributed by atoms with Crippen LogP contribution in [0.5, 0.6) is 0 Å². The lowest BCUT2D eigenvalue weighted by atomic mass is 10.2. The first kappa shape index (κ1) is 18.4. The maximum absolute atomic E-state index is 12.1. The van der Waals surface area contributed by atoms with Gasteiger partial charge in [-0.3, -0.25) is 14.9 Å². The zero-order chi connectivity index (χ0) is 20.2. The van der Waals surface area contributed by atoms with E-state index in [0.29, 0.717) is 11.5 Å². The highest BCUT2D eigenvalue weighted by Gasteiger charge is 2.17. The Morgan fingerprint density at radius 2 is 1.83 bits per heavy atom. The molecule has 4 rings (SSSR count). The molecule has 0 unspecified atom stereocenters. The fourth-order valence-electron chi connectivity index (χ4n) is 3.09. The molecule has 1 fully saturated rings. The summed E-state index contributed by atoms with van der Waals surface area (Å²) in [7, 11) is 0. The Morgan fingerprint density at radius 1 is 1.10 bits per heavy atom. The number of rotatable bonds is 6. The monoisotopic (exact) mass is 394 g/mol. The van der Waals surface area contributed by atoms with Crippen LogP contribution in [0.15, 0.2) is 53.1 Å². The first-order chi connectivity index (χ1) is 14.1. The Balaban J connectivity index is 1.39. The molecule has 2 aromatic heterocycles. The van der Waals surface area contributed by atoms with Gasteiger partial charge in [0.25, 0.3) is 5.91 Å². The van der Waals surface area contributed by atoms with Gasteiger partial charge in [-0.25, -0.2) is 0 Å². The van der Waals surface area contributed by atoms with Crippen molar-refractivity contribution in [1.29, 1.82) is 0 Å². The Labute approximate surface area is 165 Å². The van der Waals surface area contributed by atoms with Gasteiger partial charge in [-0.2, -0.15) is 5.10 Å². The summed E-state index contributed by atoms with van der Waals surface area (Å²) in [6.45, 7) is 2.05. The van der Waals surface area contributed by atoms with Crippen molar-refractivity contribution >= 4 is 34.7 Å². The number of furan rings is 1. The number of hydrogen-bond acceptors (Lipinski definition) is 8. The van der Waals surface area contributed by atoms with Crippen molar-refractivity contribution in [1.82, 2.24) is 10.2 Å². The van der Waals surface area contributed by atoms with Crippen LogP contribution in [-0.4, -0.2) is 34.1 Å². The van der Waals surface area contributed by atoms with E-state index < -0.39 is 16.7 Å². The summed E-state index contributed by atoms with van der Waals surface area (Å²) in [5.41, 5.74) is 2.34. The molecule has 3 heterocycles. The van der Waals surface area contributed by atoms with Gasteiger partial charge in [-0.1, -0.05) is 0 Å². The van der Waals surface area contributed by atoms with Gasteiger partial charge in [-0.15, -0.1) is 5.10 Å². The van der Waals surface area contributed by atoms with Crippen LogP contribution in [0.1, 0.15) is 23.4 Å². The molecule has 0 saturated carbocycles. The van der Waals surface area contributed by atoms with Gasteiger partial charge in [0.15, 0.2) is 11.6 Å². The maximum Gasteiger partial charge on any atom is 0.433 e. The van der Waals surface area contributed by atoms with Crippen molar-refractivity contribution < 1.29 is 14.1 Å². The molecule has 2 N–H and O–H groups in total. The second-order valence-electron chi connectivity index (χ2n) is 6.54. The number of carbonyl (C=O) groups excluding carboxylic acids is 1. The van der Waals surface area contributed by atoms with E-state index >= 15 is 0 Å². The van der Waals surface area contributed by atoms with Gasteiger partial charge in [0.05, 0.1) is 18.0 Å². The van der Waals surface area contributed by atoms with Crippen molar-refractivity contribution in [2.24, 2.45) is 0 Å². The third kappa shape index (κ3) is 4.32. The molecule has 1 amide bonds. The Bertz CT molecular complexity index is 1030. The summed E-state index contributed by atoms with van der Waals surface area (Å²) in [6.07, 6.45) is 4.13. The molecule has 0 spiro atoms. The van der Waals surface area contributed by atoms with E-state index in [-0.39, 0.29) is 5.76 Å².